The Morgan fingerprint density at radius 2 is 2.19 bits per heavy atom. The van der Waals surface area contributed by atoms with E-state index >= 15 is 0 Å². The van der Waals surface area contributed by atoms with Crippen LogP contribution >= 0.6 is 22.6 Å². The summed E-state index contributed by atoms with van der Waals surface area (Å²) >= 11 is 2.30. The molecule has 1 aromatic rings. The number of hydrogen-bond donors (Lipinski definition) is 2. The summed E-state index contributed by atoms with van der Waals surface area (Å²) in [4.78, 5) is 0. The molecular weight excluding hydrogens is 317 g/mol. The second kappa shape index (κ2) is 5.97. The maximum absolute atomic E-state index is 8.75. The topological polar surface area (TPSA) is 50.1 Å². The van der Waals surface area contributed by atoms with E-state index in [1.54, 1.807) is 0 Å². The van der Waals surface area contributed by atoms with Gasteiger partial charge in [0.2, 0.25) is 0 Å². The van der Waals surface area contributed by atoms with Crippen molar-refractivity contribution < 1.29 is 5.11 Å². The highest BCUT2D eigenvalue weighted by atomic mass is 127. The molecule has 1 aliphatic rings. The Kier molecular flexibility index (Phi) is 4.60. The van der Waals surface area contributed by atoms with E-state index in [0.717, 1.165) is 6.54 Å². The van der Waals surface area contributed by atoms with E-state index in [1.807, 2.05) is 6.20 Å². The summed E-state index contributed by atoms with van der Waals surface area (Å²) in [6, 6.07) is 1.15. The summed E-state index contributed by atoms with van der Waals surface area (Å²) in [6.07, 6.45) is 8.76. The molecule has 4 nitrogen and oxygen atoms in total. The summed E-state index contributed by atoms with van der Waals surface area (Å²) in [7, 11) is 0. The third-order valence-corrected chi connectivity index (χ3v) is 3.74. The first kappa shape index (κ1) is 12.3. The minimum Gasteiger partial charge on any atom is -0.395 e. The molecule has 0 spiro atoms. The lowest BCUT2D eigenvalue weighted by Gasteiger charge is -2.29. The van der Waals surface area contributed by atoms with E-state index in [-0.39, 0.29) is 6.61 Å². The van der Waals surface area contributed by atoms with Crippen molar-refractivity contribution in [1.82, 2.24) is 15.1 Å². The molecule has 5 heteroatoms. The van der Waals surface area contributed by atoms with E-state index in [4.69, 9.17) is 5.11 Å². The van der Waals surface area contributed by atoms with Gasteiger partial charge in [0.25, 0.3) is 0 Å². The van der Waals surface area contributed by atoms with Crippen molar-refractivity contribution in [3.05, 3.63) is 16.0 Å². The summed E-state index contributed by atoms with van der Waals surface area (Å²) in [5.41, 5.74) is 0. The number of nitrogens with one attached hydrogen (secondary N) is 1. The van der Waals surface area contributed by atoms with Gasteiger partial charge in [0.05, 0.1) is 22.4 Å². The fourth-order valence-corrected chi connectivity index (χ4v) is 2.74. The fraction of sp³-hybridized carbons (Fsp3) is 0.727. The lowest BCUT2D eigenvalue weighted by atomic mass is 9.91. The number of aliphatic hydroxyl groups is 1. The quantitative estimate of drug-likeness (QED) is 0.821. The summed E-state index contributed by atoms with van der Waals surface area (Å²) in [5, 5.41) is 16.5. The van der Waals surface area contributed by atoms with Crippen molar-refractivity contribution >= 4 is 22.6 Å². The Hall–Kier alpha value is -0.140. The molecule has 0 aromatic carbocycles. The van der Waals surface area contributed by atoms with Crippen LogP contribution in [0.3, 0.4) is 0 Å². The number of halogens is 1. The number of hydrogen-bond acceptors (Lipinski definition) is 3. The first-order chi connectivity index (χ1) is 7.79. The molecule has 1 saturated carbocycles. The molecule has 16 heavy (non-hydrogen) atoms. The smallest absolute Gasteiger partial charge is 0.0623 e. The lowest BCUT2D eigenvalue weighted by Crippen LogP contribution is -2.35. The van der Waals surface area contributed by atoms with Crippen LogP contribution in [0, 0.1) is 3.57 Å². The van der Waals surface area contributed by atoms with Crippen LogP contribution in [-0.2, 0) is 0 Å². The van der Waals surface area contributed by atoms with Crippen LogP contribution < -0.4 is 5.32 Å². The van der Waals surface area contributed by atoms with E-state index in [2.05, 4.69) is 43.9 Å². The predicted molar refractivity (Wildman–Crippen MR) is 71.3 cm³/mol. The van der Waals surface area contributed by atoms with Gasteiger partial charge in [-0.05, 0) is 48.3 Å². The van der Waals surface area contributed by atoms with Crippen molar-refractivity contribution in [2.24, 2.45) is 0 Å². The minimum absolute atomic E-state index is 0.233. The molecule has 2 rings (SSSR count). The normalized spacial score (nSPS) is 25.9. The Labute approximate surface area is 110 Å². The highest BCUT2D eigenvalue weighted by Crippen LogP contribution is 2.28. The molecule has 0 atom stereocenters. The molecule has 1 aromatic heterocycles. The van der Waals surface area contributed by atoms with Crippen LogP contribution in [-0.4, -0.2) is 34.1 Å². The van der Waals surface area contributed by atoms with Crippen LogP contribution in [0.2, 0.25) is 0 Å². The van der Waals surface area contributed by atoms with E-state index in [0.29, 0.717) is 12.1 Å². The van der Waals surface area contributed by atoms with Crippen LogP contribution in [0.15, 0.2) is 12.4 Å². The zero-order valence-corrected chi connectivity index (χ0v) is 11.4. The standard InChI is InChI=1S/C11H18IN3O/c12-9-7-14-15(8-9)11-3-1-10(2-4-11)13-5-6-16/h7-8,10-11,13,16H,1-6H2. The van der Waals surface area contributed by atoms with Gasteiger partial charge in [-0.1, -0.05) is 0 Å². The van der Waals surface area contributed by atoms with Gasteiger partial charge in [-0.2, -0.15) is 5.10 Å². The van der Waals surface area contributed by atoms with Gasteiger partial charge in [0.1, 0.15) is 0 Å². The van der Waals surface area contributed by atoms with Gasteiger partial charge >= 0.3 is 0 Å². The van der Waals surface area contributed by atoms with Crippen molar-refractivity contribution in [2.45, 2.75) is 37.8 Å². The zero-order chi connectivity index (χ0) is 11.4. The monoisotopic (exact) mass is 335 g/mol. The van der Waals surface area contributed by atoms with Gasteiger partial charge < -0.3 is 10.4 Å². The molecule has 0 radical (unpaired) electrons. The first-order valence-corrected chi connectivity index (χ1v) is 6.91. The van der Waals surface area contributed by atoms with Crippen LogP contribution in [0.5, 0.6) is 0 Å². The minimum atomic E-state index is 0.233. The SMILES string of the molecule is OCCNC1CCC(n2cc(I)cn2)CC1. The van der Waals surface area contributed by atoms with Crippen LogP contribution in [0.4, 0.5) is 0 Å². The molecule has 90 valence electrons. The molecule has 0 saturated heterocycles. The van der Waals surface area contributed by atoms with Gasteiger partial charge in [-0.15, -0.1) is 0 Å². The molecular formula is C11H18IN3O. The number of nitrogens with zero attached hydrogens (tertiary/aromatic N) is 2. The molecule has 1 aliphatic carbocycles. The average Bonchev–Trinajstić information content (AvgIpc) is 2.74. The van der Waals surface area contributed by atoms with E-state index in [9.17, 15) is 0 Å². The van der Waals surface area contributed by atoms with E-state index < -0.39 is 0 Å². The fourth-order valence-electron chi connectivity index (χ4n) is 2.33. The van der Waals surface area contributed by atoms with Gasteiger partial charge in [0, 0.05) is 18.8 Å². The van der Waals surface area contributed by atoms with Gasteiger partial charge in [-0.3, -0.25) is 4.68 Å². The molecule has 1 fully saturated rings. The van der Waals surface area contributed by atoms with Gasteiger partial charge in [0.15, 0.2) is 0 Å². The van der Waals surface area contributed by atoms with Crippen molar-refractivity contribution in [2.75, 3.05) is 13.2 Å². The average molecular weight is 335 g/mol. The molecule has 1 heterocycles. The van der Waals surface area contributed by atoms with Crippen molar-refractivity contribution in [3.63, 3.8) is 0 Å². The second-order valence-corrected chi connectivity index (χ2v) is 5.57. The molecule has 2 N–H and O–H groups in total. The number of aliphatic hydroxyl groups excluding tert-OH is 1. The van der Waals surface area contributed by atoms with Crippen molar-refractivity contribution in [1.29, 1.82) is 0 Å². The molecule has 0 amide bonds. The third-order valence-electron chi connectivity index (χ3n) is 3.19. The Morgan fingerprint density at radius 3 is 2.75 bits per heavy atom. The van der Waals surface area contributed by atoms with Crippen LogP contribution in [0.25, 0.3) is 0 Å². The molecule has 0 unspecified atom stereocenters. The second-order valence-electron chi connectivity index (χ2n) is 4.32. The largest absolute Gasteiger partial charge is 0.395 e. The summed E-state index contributed by atoms with van der Waals surface area (Å²) < 4.78 is 3.31. The van der Waals surface area contributed by atoms with Gasteiger partial charge in [-0.25, -0.2) is 0 Å². The molecule has 0 aliphatic heterocycles. The number of aromatic nitrogens is 2. The Morgan fingerprint density at radius 1 is 1.44 bits per heavy atom. The maximum atomic E-state index is 8.75. The molecule has 0 bridgehead atoms. The van der Waals surface area contributed by atoms with Crippen molar-refractivity contribution in [3.8, 4) is 0 Å². The maximum Gasteiger partial charge on any atom is 0.0623 e. The summed E-state index contributed by atoms with van der Waals surface area (Å²) in [6.45, 7) is 0.951. The Balaban J connectivity index is 1.81. The predicted octanol–water partition coefficient (Wildman–Crippen LogP) is 1.55. The highest BCUT2D eigenvalue weighted by Gasteiger charge is 2.22. The van der Waals surface area contributed by atoms with Crippen LogP contribution in [0.1, 0.15) is 31.7 Å². The lowest BCUT2D eigenvalue weighted by molar-refractivity contribution is 0.247. The third kappa shape index (κ3) is 3.18. The zero-order valence-electron chi connectivity index (χ0n) is 9.27. The first-order valence-electron chi connectivity index (χ1n) is 5.83. The van der Waals surface area contributed by atoms with E-state index in [1.165, 1.54) is 29.3 Å². The highest BCUT2D eigenvalue weighted by molar-refractivity contribution is 14.1. The Bertz CT molecular complexity index is 321. The summed E-state index contributed by atoms with van der Waals surface area (Å²) in [5.74, 6) is 0. The number of rotatable bonds is 4.